The second kappa shape index (κ2) is 5.07. The van der Waals surface area contributed by atoms with Gasteiger partial charge >= 0.3 is 0 Å². The fourth-order valence-electron chi connectivity index (χ4n) is 1.90. The molecule has 6 heteroatoms. The molecule has 3 rings (SSSR count). The van der Waals surface area contributed by atoms with E-state index in [2.05, 4.69) is 15.7 Å². The van der Waals surface area contributed by atoms with E-state index in [9.17, 15) is 0 Å². The van der Waals surface area contributed by atoms with Crippen molar-refractivity contribution in [1.82, 2.24) is 4.98 Å². The fourth-order valence-corrected chi connectivity index (χ4v) is 3.26. The number of thiazole rings is 1. The van der Waals surface area contributed by atoms with E-state index in [-0.39, 0.29) is 4.99 Å². The van der Waals surface area contributed by atoms with Gasteiger partial charge in [-0.15, -0.1) is 11.3 Å². The molecule has 0 unspecified atom stereocenters. The lowest BCUT2D eigenvalue weighted by Crippen LogP contribution is -2.12. The van der Waals surface area contributed by atoms with Crippen LogP contribution in [-0.4, -0.2) is 9.97 Å². The molecule has 0 spiro atoms. The van der Waals surface area contributed by atoms with Crippen LogP contribution in [0, 0.1) is 0 Å². The normalized spacial score (nSPS) is 14.4. The highest BCUT2D eigenvalue weighted by atomic mass is 35.5. The molecule has 0 aliphatic heterocycles. The molecule has 1 saturated carbocycles. The lowest BCUT2D eigenvalue weighted by atomic mass is 10.2. The van der Waals surface area contributed by atoms with Crippen molar-refractivity contribution < 1.29 is 0 Å². The van der Waals surface area contributed by atoms with Crippen molar-refractivity contribution in [2.24, 2.45) is 5.73 Å². The summed E-state index contributed by atoms with van der Waals surface area (Å²) in [6.07, 6.45) is 2.50. The molecule has 0 atom stereocenters. The van der Waals surface area contributed by atoms with Crippen molar-refractivity contribution in [2.75, 3.05) is 5.32 Å². The summed E-state index contributed by atoms with van der Waals surface area (Å²) in [6.45, 7) is 0. The van der Waals surface area contributed by atoms with Crippen LogP contribution in [0.3, 0.4) is 0 Å². The second-order valence-electron chi connectivity index (χ2n) is 4.50. The van der Waals surface area contributed by atoms with E-state index < -0.39 is 0 Å². The molecule has 0 saturated heterocycles. The van der Waals surface area contributed by atoms with Crippen LogP contribution in [0.15, 0.2) is 23.6 Å². The standard InChI is InChI=1S/C13H12ClN3S2/c14-8-2-1-3-9(11(8)12(15)18)16-13-17-10(6-19-13)7-4-5-7/h1-3,6-7H,4-5H2,(H2,15,18)(H,16,17). The molecule has 2 aromatic rings. The Balaban J connectivity index is 1.89. The van der Waals surface area contributed by atoms with Crippen LogP contribution in [0.2, 0.25) is 5.02 Å². The van der Waals surface area contributed by atoms with Gasteiger partial charge in [-0.1, -0.05) is 29.9 Å². The molecule has 1 aliphatic rings. The highest BCUT2D eigenvalue weighted by Crippen LogP contribution is 2.41. The van der Waals surface area contributed by atoms with Crippen LogP contribution < -0.4 is 11.1 Å². The molecule has 19 heavy (non-hydrogen) atoms. The Morgan fingerprint density at radius 3 is 2.95 bits per heavy atom. The van der Waals surface area contributed by atoms with Crippen molar-refractivity contribution in [3.8, 4) is 0 Å². The van der Waals surface area contributed by atoms with Crippen LogP contribution in [0.1, 0.15) is 30.0 Å². The molecule has 1 fully saturated rings. The predicted octanol–water partition coefficient (Wildman–Crippen LogP) is 4.05. The molecule has 1 aromatic heterocycles. The highest BCUT2D eigenvalue weighted by molar-refractivity contribution is 7.80. The zero-order valence-electron chi connectivity index (χ0n) is 10.0. The summed E-state index contributed by atoms with van der Waals surface area (Å²) in [5.41, 5.74) is 8.37. The Labute approximate surface area is 125 Å². The Morgan fingerprint density at radius 1 is 1.47 bits per heavy atom. The highest BCUT2D eigenvalue weighted by Gasteiger charge is 2.26. The summed E-state index contributed by atoms with van der Waals surface area (Å²) in [6, 6.07) is 5.54. The Bertz CT molecular complexity index is 635. The first-order valence-corrected chi connectivity index (χ1v) is 7.62. The van der Waals surface area contributed by atoms with Crippen molar-refractivity contribution in [3.05, 3.63) is 39.9 Å². The smallest absolute Gasteiger partial charge is 0.187 e. The van der Waals surface area contributed by atoms with E-state index >= 15 is 0 Å². The second-order valence-corrected chi connectivity index (χ2v) is 6.21. The maximum absolute atomic E-state index is 6.13. The van der Waals surface area contributed by atoms with Crippen molar-refractivity contribution in [3.63, 3.8) is 0 Å². The number of aromatic nitrogens is 1. The third-order valence-electron chi connectivity index (χ3n) is 3.02. The molecule has 1 aliphatic carbocycles. The number of thiocarbonyl (C=S) groups is 1. The molecular weight excluding hydrogens is 298 g/mol. The number of nitrogens with zero attached hydrogens (tertiary/aromatic N) is 1. The fraction of sp³-hybridized carbons (Fsp3) is 0.231. The Kier molecular flexibility index (Phi) is 3.43. The third kappa shape index (κ3) is 2.73. The van der Waals surface area contributed by atoms with Gasteiger partial charge in [-0.25, -0.2) is 4.98 Å². The molecule has 98 valence electrons. The average molecular weight is 310 g/mol. The quantitative estimate of drug-likeness (QED) is 0.837. The first kappa shape index (κ1) is 12.8. The summed E-state index contributed by atoms with van der Waals surface area (Å²) in [5, 5.41) is 6.76. The summed E-state index contributed by atoms with van der Waals surface area (Å²) in [4.78, 5) is 4.86. The van der Waals surface area contributed by atoms with Crippen LogP contribution in [-0.2, 0) is 0 Å². The number of anilines is 2. The monoisotopic (exact) mass is 309 g/mol. The maximum atomic E-state index is 6.13. The molecule has 0 amide bonds. The van der Waals surface area contributed by atoms with E-state index in [0.29, 0.717) is 16.5 Å². The first-order valence-electron chi connectivity index (χ1n) is 5.96. The van der Waals surface area contributed by atoms with Gasteiger partial charge in [0.05, 0.1) is 22.0 Å². The van der Waals surface area contributed by atoms with Gasteiger partial charge in [-0.05, 0) is 25.0 Å². The zero-order valence-corrected chi connectivity index (χ0v) is 12.4. The number of benzene rings is 1. The minimum atomic E-state index is 0.284. The number of hydrogen-bond donors (Lipinski definition) is 2. The van der Waals surface area contributed by atoms with Gasteiger partial charge in [0, 0.05) is 11.3 Å². The van der Waals surface area contributed by atoms with Crippen LogP contribution in [0.5, 0.6) is 0 Å². The van der Waals surface area contributed by atoms with E-state index in [0.717, 1.165) is 10.8 Å². The van der Waals surface area contributed by atoms with E-state index in [4.69, 9.17) is 29.6 Å². The number of hydrogen-bond acceptors (Lipinski definition) is 4. The SMILES string of the molecule is NC(=S)c1c(Cl)cccc1Nc1nc(C2CC2)cs1. The topological polar surface area (TPSA) is 50.9 Å². The van der Waals surface area contributed by atoms with E-state index in [1.165, 1.54) is 18.5 Å². The average Bonchev–Trinajstić information content (AvgIpc) is 3.10. The van der Waals surface area contributed by atoms with Crippen LogP contribution in [0.4, 0.5) is 10.8 Å². The van der Waals surface area contributed by atoms with E-state index in [1.54, 1.807) is 17.4 Å². The third-order valence-corrected chi connectivity index (χ3v) is 4.31. The van der Waals surface area contributed by atoms with Gasteiger partial charge in [0.2, 0.25) is 0 Å². The maximum Gasteiger partial charge on any atom is 0.187 e. The number of nitrogens with one attached hydrogen (secondary N) is 1. The van der Waals surface area contributed by atoms with Gasteiger partial charge in [0.1, 0.15) is 4.99 Å². The van der Waals surface area contributed by atoms with Crippen LogP contribution >= 0.6 is 35.2 Å². The summed E-state index contributed by atoms with van der Waals surface area (Å²) in [7, 11) is 0. The summed E-state index contributed by atoms with van der Waals surface area (Å²) < 4.78 is 0. The molecule has 3 nitrogen and oxygen atoms in total. The molecule has 1 aromatic carbocycles. The van der Waals surface area contributed by atoms with Gasteiger partial charge < -0.3 is 11.1 Å². The number of nitrogens with two attached hydrogens (primary N) is 1. The first-order chi connectivity index (χ1) is 9.15. The minimum absolute atomic E-state index is 0.284. The number of halogens is 1. The molecular formula is C13H12ClN3S2. The Morgan fingerprint density at radius 2 is 2.26 bits per heavy atom. The van der Waals surface area contributed by atoms with Gasteiger partial charge in [-0.2, -0.15) is 0 Å². The van der Waals surface area contributed by atoms with Crippen LogP contribution in [0.25, 0.3) is 0 Å². The summed E-state index contributed by atoms with van der Waals surface area (Å²) in [5.74, 6) is 0.654. The predicted molar refractivity (Wildman–Crippen MR) is 84.7 cm³/mol. The minimum Gasteiger partial charge on any atom is -0.389 e. The molecule has 1 heterocycles. The molecule has 0 radical (unpaired) electrons. The Hall–Kier alpha value is -1.17. The van der Waals surface area contributed by atoms with E-state index in [1.807, 2.05) is 12.1 Å². The largest absolute Gasteiger partial charge is 0.389 e. The van der Waals surface area contributed by atoms with Gasteiger partial charge in [0.25, 0.3) is 0 Å². The van der Waals surface area contributed by atoms with Crippen molar-refractivity contribution >= 4 is 51.0 Å². The van der Waals surface area contributed by atoms with Gasteiger partial charge in [0.15, 0.2) is 5.13 Å². The van der Waals surface area contributed by atoms with Gasteiger partial charge in [-0.3, -0.25) is 0 Å². The lowest BCUT2D eigenvalue weighted by Gasteiger charge is -2.10. The van der Waals surface area contributed by atoms with Crippen molar-refractivity contribution in [1.29, 1.82) is 0 Å². The molecule has 0 bridgehead atoms. The number of rotatable bonds is 4. The van der Waals surface area contributed by atoms with Crippen molar-refractivity contribution in [2.45, 2.75) is 18.8 Å². The zero-order chi connectivity index (χ0) is 13.4. The summed E-state index contributed by atoms with van der Waals surface area (Å²) >= 11 is 12.8. The molecule has 3 N–H and O–H groups in total. The lowest BCUT2D eigenvalue weighted by molar-refractivity contribution is 1.05.